The van der Waals surface area contributed by atoms with Crippen molar-refractivity contribution in [3.63, 3.8) is 0 Å². The molecule has 1 rings (SSSR count). The zero-order chi connectivity index (χ0) is 16.3. The normalized spacial score (nSPS) is 11.9. The maximum atomic E-state index is 12.1. The van der Waals surface area contributed by atoms with E-state index < -0.39 is 10.8 Å². The van der Waals surface area contributed by atoms with Crippen LogP contribution in [0.1, 0.15) is 34.6 Å². The van der Waals surface area contributed by atoms with Gasteiger partial charge in [-0.1, -0.05) is 26.8 Å². The van der Waals surface area contributed by atoms with Gasteiger partial charge in [-0.2, -0.15) is 0 Å². The summed E-state index contributed by atoms with van der Waals surface area (Å²) in [5.74, 6) is -0.224. The lowest BCUT2D eigenvalue weighted by molar-refractivity contribution is -0.124. The van der Waals surface area contributed by atoms with E-state index in [4.69, 9.17) is 5.73 Å². The van der Waals surface area contributed by atoms with E-state index in [1.165, 1.54) is 0 Å². The van der Waals surface area contributed by atoms with Crippen molar-refractivity contribution in [3.05, 3.63) is 24.3 Å². The van der Waals surface area contributed by atoms with Crippen molar-refractivity contribution >= 4 is 23.2 Å². The van der Waals surface area contributed by atoms with Gasteiger partial charge in [-0.3, -0.25) is 9.59 Å². The Hall–Kier alpha value is -1.88. The molecule has 4 N–H and O–H groups in total. The minimum atomic E-state index is -0.634. The first-order chi connectivity index (χ1) is 9.56. The molecule has 5 heteroatoms. The molecule has 0 aromatic heterocycles. The van der Waals surface area contributed by atoms with E-state index in [0.717, 1.165) is 0 Å². The fraction of sp³-hybridized carbons (Fsp3) is 0.500. The molecule has 5 nitrogen and oxygen atoms in total. The molecule has 0 fully saturated rings. The van der Waals surface area contributed by atoms with Crippen LogP contribution in [-0.4, -0.2) is 18.4 Å². The summed E-state index contributed by atoms with van der Waals surface area (Å²) in [4.78, 5) is 24.0. The lowest BCUT2D eigenvalue weighted by atomic mass is 9.92. The van der Waals surface area contributed by atoms with Gasteiger partial charge in [0.1, 0.15) is 0 Å². The molecule has 116 valence electrons. The molecule has 1 aromatic rings. The van der Waals surface area contributed by atoms with E-state index in [9.17, 15) is 9.59 Å². The number of carbonyl (C=O) groups excluding carboxylic acids is 2. The minimum Gasteiger partial charge on any atom is -0.329 e. The SMILES string of the molecule is CC(C)(C)C(=O)Nc1cccc(NC(=O)C(C)(C)CN)c1. The van der Waals surface area contributed by atoms with E-state index >= 15 is 0 Å². The topological polar surface area (TPSA) is 84.2 Å². The van der Waals surface area contributed by atoms with Crippen LogP contribution in [0.25, 0.3) is 0 Å². The van der Waals surface area contributed by atoms with Gasteiger partial charge in [0.2, 0.25) is 11.8 Å². The number of nitrogens with two attached hydrogens (primary N) is 1. The van der Waals surface area contributed by atoms with Crippen molar-refractivity contribution in [2.45, 2.75) is 34.6 Å². The first-order valence-electron chi connectivity index (χ1n) is 6.99. The second-order valence-corrected chi connectivity index (χ2v) is 6.83. The van der Waals surface area contributed by atoms with Crippen LogP contribution in [0.3, 0.4) is 0 Å². The summed E-state index contributed by atoms with van der Waals surface area (Å²) in [6, 6.07) is 7.07. The van der Waals surface area contributed by atoms with E-state index in [1.807, 2.05) is 20.8 Å². The van der Waals surface area contributed by atoms with E-state index in [0.29, 0.717) is 11.4 Å². The lowest BCUT2D eigenvalue weighted by Crippen LogP contribution is -2.37. The molecule has 0 aliphatic carbocycles. The summed E-state index contributed by atoms with van der Waals surface area (Å²) in [7, 11) is 0. The van der Waals surface area contributed by atoms with E-state index in [1.54, 1.807) is 38.1 Å². The number of anilines is 2. The molecule has 0 saturated carbocycles. The van der Waals surface area contributed by atoms with Crippen LogP contribution in [0, 0.1) is 10.8 Å². The van der Waals surface area contributed by atoms with Gasteiger partial charge in [0.05, 0.1) is 5.41 Å². The van der Waals surface area contributed by atoms with Gasteiger partial charge in [0.15, 0.2) is 0 Å². The molecule has 0 spiro atoms. The number of carbonyl (C=O) groups is 2. The molecule has 0 heterocycles. The van der Waals surface area contributed by atoms with Crippen molar-refractivity contribution < 1.29 is 9.59 Å². The molecule has 0 saturated heterocycles. The molecular weight excluding hydrogens is 266 g/mol. The zero-order valence-electron chi connectivity index (χ0n) is 13.4. The molecule has 0 bridgehead atoms. The van der Waals surface area contributed by atoms with Crippen LogP contribution >= 0.6 is 0 Å². The Balaban J connectivity index is 2.82. The predicted octanol–water partition coefficient (Wildman–Crippen LogP) is 2.59. The number of hydrogen-bond acceptors (Lipinski definition) is 3. The molecule has 2 amide bonds. The van der Waals surface area contributed by atoms with Crippen molar-refractivity contribution in [1.29, 1.82) is 0 Å². The van der Waals surface area contributed by atoms with Gasteiger partial charge < -0.3 is 16.4 Å². The van der Waals surface area contributed by atoms with Gasteiger partial charge in [-0.25, -0.2) is 0 Å². The van der Waals surface area contributed by atoms with Crippen molar-refractivity contribution in [2.75, 3.05) is 17.2 Å². The quantitative estimate of drug-likeness (QED) is 0.797. The van der Waals surface area contributed by atoms with Crippen molar-refractivity contribution in [1.82, 2.24) is 0 Å². The Labute approximate surface area is 126 Å². The van der Waals surface area contributed by atoms with Crippen LogP contribution < -0.4 is 16.4 Å². The van der Waals surface area contributed by atoms with Crippen molar-refractivity contribution in [2.24, 2.45) is 16.6 Å². The highest BCUT2D eigenvalue weighted by atomic mass is 16.2. The second kappa shape index (κ2) is 6.26. The average Bonchev–Trinajstić information content (AvgIpc) is 2.37. The minimum absolute atomic E-state index is 0.0757. The van der Waals surface area contributed by atoms with Crippen LogP contribution in [0.4, 0.5) is 11.4 Å². The highest BCUT2D eigenvalue weighted by Gasteiger charge is 2.26. The molecule has 0 aliphatic rings. The molecule has 0 atom stereocenters. The first-order valence-corrected chi connectivity index (χ1v) is 6.99. The number of rotatable bonds is 4. The van der Waals surface area contributed by atoms with E-state index in [2.05, 4.69) is 10.6 Å². The highest BCUT2D eigenvalue weighted by Crippen LogP contribution is 2.22. The Kier molecular flexibility index (Phi) is 5.12. The molecule has 0 radical (unpaired) electrons. The maximum absolute atomic E-state index is 12.1. The standard InChI is InChI=1S/C16H25N3O2/c1-15(2,3)13(20)18-11-7-6-8-12(9-11)19-14(21)16(4,5)10-17/h6-9H,10,17H2,1-5H3,(H,18,20)(H,19,21). The van der Waals surface area contributed by atoms with Crippen LogP contribution in [0.15, 0.2) is 24.3 Å². The Morgan fingerprint density at radius 3 is 1.90 bits per heavy atom. The monoisotopic (exact) mass is 291 g/mol. The molecule has 1 aromatic carbocycles. The first kappa shape index (κ1) is 17.2. The summed E-state index contributed by atoms with van der Waals surface area (Å²) in [5, 5.41) is 5.65. The van der Waals surface area contributed by atoms with E-state index in [-0.39, 0.29) is 18.4 Å². The molecule has 0 unspecified atom stereocenters. The van der Waals surface area contributed by atoms with Gasteiger partial charge in [-0.05, 0) is 32.0 Å². The number of hydrogen-bond donors (Lipinski definition) is 3. The third-order valence-electron chi connectivity index (χ3n) is 3.18. The lowest BCUT2D eigenvalue weighted by Gasteiger charge is -2.22. The summed E-state index contributed by atoms with van der Waals surface area (Å²) < 4.78 is 0. The van der Waals surface area contributed by atoms with Crippen LogP contribution in [-0.2, 0) is 9.59 Å². The summed E-state index contributed by atoms with van der Waals surface area (Å²) in [6.45, 7) is 9.37. The number of amides is 2. The molecule has 0 aliphatic heterocycles. The predicted molar refractivity (Wildman–Crippen MR) is 86.0 cm³/mol. The number of nitrogens with one attached hydrogen (secondary N) is 2. The fourth-order valence-electron chi connectivity index (χ4n) is 1.39. The fourth-order valence-corrected chi connectivity index (χ4v) is 1.39. The third kappa shape index (κ3) is 4.86. The maximum Gasteiger partial charge on any atom is 0.231 e. The smallest absolute Gasteiger partial charge is 0.231 e. The van der Waals surface area contributed by atoms with Gasteiger partial charge in [0, 0.05) is 23.3 Å². The van der Waals surface area contributed by atoms with Gasteiger partial charge >= 0.3 is 0 Å². The Morgan fingerprint density at radius 1 is 1.00 bits per heavy atom. The molecular formula is C16H25N3O2. The molecule has 21 heavy (non-hydrogen) atoms. The zero-order valence-corrected chi connectivity index (χ0v) is 13.4. The number of benzene rings is 1. The van der Waals surface area contributed by atoms with Crippen LogP contribution in [0.2, 0.25) is 0 Å². The average molecular weight is 291 g/mol. The summed E-state index contributed by atoms with van der Waals surface area (Å²) in [6.07, 6.45) is 0. The second-order valence-electron chi connectivity index (χ2n) is 6.83. The highest BCUT2D eigenvalue weighted by molar-refractivity contribution is 5.97. The van der Waals surface area contributed by atoms with Gasteiger partial charge in [0.25, 0.3) is 0 Å². The van der Waals surface area contributed by atoms with Crippen LogP contribution in [0.5, 0.6) is 0 Å². The van der Waals surface area contributed by atoms with Crippen molar-refractivity contribution in [3.8, 4) is 0 Å². The summed E-state index contributed by atoms with van der Waals surface area (Å²) in [5.41, 5.74) is 5.76. The van der Waals surface area contributed by atoms with Gasteiger partial charge in [-0.15, -0.1) is 0 Å². The summed E-state index contributed by atoms with van der Waals surface area (Å²) >= 11 is 0. The largest absolute Gasteiger partial charge is 0.329 e. The Morgan fingerprint density at radius 2 is 1.48 bits per heavy atom. The third-order valence-corrected chi connectivity index (χ3v) is 3.18. The Bertz CT molecular complexity index is 531.